The number of hydrogen-bond acceptors (Lipinski definition) is 11. The van der Waals surface area contributed by atoms with E-state index in [0.29, 0.717) is 10.8 Å². The number of H-pyrrole nitrogens is 1. The summed E-state index contributed by atoms with van der Waals surface area (Å²) in [5, 5.41) is 20.8. The van der Waals surface area contributed by atoms with Gasteiger partial charge < -0.3 is 34.5 Å². The summed E-state index contributed by atoms with van der Waals surface area (Å²) in [5.41, 5.74) is -3.83. The molecule has 1 aromatic rings. The lowest BCUT2D eigenvalue weighted by atomic mass is 9.95. The molecule has 1 fully saturated rings. The molecule has 0 radical (unpaired) electrons. The molecule has 32 heavy (non-hydrogen) atoms. The maximum atomic E-state index is 13.8. The number of nitrogens with zero attached hydrogens (tertiary/aromatic N) is 1. The summed E-state index contributed by atoms with van der Waals surface area (Å²) in [5.74, 6) is 0.609. The summed E-state index contributed by atoms with van der Waals surface area (Å²) in [6, 6.07) is 0. The molecule has 0 aromatic carbocycles. The van der Waals surface area contributed by atoms with Crippen molar-refractivity contribution >= 4 is 35.7 Å². The molecule has 0 bridgehead atoms. The zero-order chi connectivity index (χ0) is 24.7. The van der Waals surface area contributed by atoms with Gasteiger partial charge in [-0.2, -0.15) is 8.62 Å². The Balaban J connectivity index is 2.23. The highest BCUT2D eigenvalue weighted by molar-refractivity contribution is 7.71. The minimum Gasteiger partial charge on any atom is -0.386 e. The van der Waals surface area contributed by atoms with Crippen molar-refractivity contribution in [3.8, 4) is 12.3 Å². The topological polar surface area (TPSA) is 247 Å². The van der Waals surface area contributed by atoms with Crippen LogP contribution in [0.25, 0.3) is 0 Å². The van der Waals surface area contributed by atoms with Crippen molar-refractivity contribution < 1.29 is 65.8 Å². The van der Waals surface area contributed by atoms with Crippen LogP contribution < -0.4 is 5.69 Å². The van der Waals surface area contributed by atoms with Crippen LogP contribution in [0, 0.1) is 22.8 Å². The van der Waals surface area contributed by atoms with Gasteiger partial charge in [0, 0.05) is 0 Å². The van der Waals surface area contributed by atoms with E-state index in [1.807, 2.05) is 4.98 Å². The van der Waals surface area contributed by atoms with Crippen LogP contribution in [0.4, 0.5) is 4.39 Å². The molecule has 1 aromatic heterocycles. The average Bonchev–Trinajstić information content (AvgIpc) is 2.85. The van der Waals surface area contributed by atoms with Crippen LogP contribution in [-0.4, -0.2) is 63.8 Å². The molecule has 1 aliphatic rings. The highest BCUT2D eigenvalue weighted by atomic mass is 32.1. The summed E-state index contributed by atoms with van der Waals surface area (Å²) in [6.07, 6.45) is -0.233. The number of phosphoric ester groups is 1. The monoisotopic (exact) mass is 542 g/mol. The summed E-state index contributed by atoms with van der Waals surface area (Å²) in [7, 11) is -17.0. The average molecular weight is 542 g/mol. The fourth-order valence-electron chi connectivity index (χ4n) is 2.44. The Morgan fingerprint density at radius 3 is 2.41 bits per heavy atom. The van der Waals surface area contributed by atoms with Crippen LogP contribution in [0.2, 0.25) is 0 Å². The number of hydrogen-bond donors (Lipinski definition) is 7. The van der Waals surface area contributed by atoms with E-state index in [2.05, 4.69) is 25.4 Å². The second-order valence-corrected chi connectivity index (χ2v) is 10.8. The molecule has 0 spiro atoms. The number of halogens is 1. The van der Waals surface area contributed by atoms with Crippen molar-refractivity contribution in [3.05, 3.63) is 27.1 Å². The van der Waals surface area contributed by atoms with Gasteiger partial charge in [-0.05, 0) is 0 Å². The Labute approximate surface area is 181 Å². The third-order valence-corrected chi connectivity index (χ3v) is 7.81. The maximum absolute atomic E-state index is 13.8. The molecule has 2 heterocycles. The van der Waals surface area contributed by atoms with Crippen molar-refractivity contribution in [1.29, 1.82) is 0 Å². The minimum atomic E-state index is -5.81. The molecule has 0 amide bonds. The van der Waals surface area contributed by atoms with Crippen molar-refractivity contribution in [2.45, 2.75) is 24.0 Å². The predicted molar refractivity (Wildman–Crippen MR) is 99.4 cm³/mol. The largest absolute Gasteiger partial charge is 0.490 e. The van der Waals surface area contributed by atoms with Crippen molar-refractivity contribution in [1.82, 2.24) is 9.55 Å². The number of terminal acetylenes is 1. The fourth-order valence-corrected chi connectivity index (χ4v) is 5.61. The minimum absolute atomic E-state index is 0.402. The summed E-state index contributed by atoms with van der Waals surface area (Å²) in [4.78, 5) is 49.4. The van der Waals surface area contributed by atoms with Gasteiger partial charge in [0.15, 0.2) is 17.6 Å². The number of ether oxygens (including phenoxy) is 1. The fraction of sp³-hybridized carbons (Fsp3) is 0.455. The molecule has 0 aliphatic carbocycles. The molecule has 1 saturated heterocycles. The van der Waals surface area contributed by atoms with E-state index in [9.17, 15) is 38.0 Å². The smallest absolute Gasteiger partial charge is 0.386 e. The molecular formula is C11H14FN2O14P3S. The number of aliphatic hydroxyl groups is 2. The Morgan fingerprint density at radius 1 is 1.28 bits per heavy atom. The van der Waals surface area contributed by atoms with E-state index in [-0.39, 0.29) is 0 Å². The van der Waals surface area contributed by atoms with Crippen molar-refractivity contribution in [3.63, 3.8) is 0 Å². The quantitative estimate of drug-likeness (QED) is 0.118. The molecule has 0 saturated carbocycles. The summed E-state index contributed by atoms with van der Waals surface area (Å²) in [6.45, 7) is -1.20. The van der Waals surface area contributed by atoms with Gasteiger partial charge in [-0.1, -0.05) is 18.1 Å². The van der Waals surface area contributed by atoms with E-state index < -0.39 is 70.3 Å². The second kappa shape index (κ2) is 9.26. The van der Waals surface area contributed by atoms with Crippen LogP contribution in [0.3, 0.4) is 0 Å². The van der Waals surface area contributed by atoms with Crippen LogP contribution in [0.15, 0.2) is 11.0 Å². The summed E-state index contributed by atoms with van der Waals surface area (Å²) < 4.78 is 63.7. The molecular weight excluding hydrogens is 528 g/mol. The van der Waals surface area contributed by atoms with Gasteiger partial charge in [0.2, 0.25) is 0 Å². The van der Waals surface area contributed by atoms with Crippen molar-refractivity contribution in [2.24, 2.45) is 0 Å². The van der Waals surface area contributed by atoms with Gasteiger partial charge in [-0.25, -0.2) is 22.9 Å². The maximum Gasteiger partial charge on any atom is 0.490 e. The molecule has 2 rings (SSSR count). The first-order chi connectivity index (χ1) is 14.4. The van der Waals surface area contributed by atoms with Crippen molar-refractivity contribution in [2.75, 3.05) is 6.61 Å². The number of aromatic nitrogens is 2. The third-order valence-electron chi connectivity index (χ3n) is 3.71. The first-order valence-corrected chi connectivity index (χ1v) is 12.7. The number of aliphatic hydroxyl groups excluding tert-OH is 1. The Hall–Kier alpha value is -1.12. The Bertz CT molecular complexity index is 1190. The number of nitrogens with one attached hydrogen (secondary N) is 1. The first kappa shape index (κ1) is 27.1. The van der Waals surface area contributed by atoms with E-state index in [1.54, 1.807) is 5.92 Å². The van der Waals surface area contributed by atoms with Gasteiger partial charge in [0.1, 0.15) is 16.8 Å². The van der Waals surface area contributed by atoms with Gasteiger partial charge in [0.05, 0.1) is 12.8 Å². The number of aromatic amines is 1. The molecule has 6 atom stereocenters. The first-order valence-electron chi connectivity index (χ1n) is 7.74. The summed E-state index contributed by atoms with van der Waals surface area (Å²) >= 11 is 4.53. The zero-order valence-electron chi connectivity index (χ0n) is 15.1. The second-order valence-electron chi connectivity index (χ2n) is 5.97. The van der Waals surface area contributed by atoms with E-state index >= 15 is 0 Å². The van der Waals surface area contributed by atoms with Gasteiger partial charge in [-0.15, -0.1) is 6.42 Å². The molecule has 7 N–H and O–H groups in total. The Kier molecular flexibility index (Phi) is 7.85. The van der Waals surface area contributed by atoms with E-state index in [1.165, 1.54) is 0 Å². The normalized spacial score (nSPS) is 29.8. The van der Waals surface area contributed by atoms with Crippen LogP contribution in [-0.2, 0) is 31.6 Å². The molecule has 180 valence electrons. The third kappa shape index (κ3) is 6.26. The molecule has 3 unspecified atom stereocenters. The lowest BCUT2D eigenvalue weighted by Gasteiger charge is -2.26. The SMILES string of the molecule is C#C[C@@]1(O)C(O)[C@@H](COP(=O)(O)OP(=O)(O)OP(=O)(O)O)O[C@H]1n1cc(F)c(=S)[nH]c1=O. The highest BCUT2D eigenvalue weighted by Gasteiger charge is 2.56. The van der Waals surface area contributed by atoms with E-state index in [4.69, 9.17) is 25.8 Å². The lowest BCUT2D eigenvalue weighted by Crippen LogP contribution is -2.47. The number of rotatable bonds is 8. The van der Waals surface area contributed by atoms with Crippen LogP contribution >= 0.6 is 35.7 Å². The molecule has 21 heteroatoms. The number of phosphoric acid groups is 3. The molecule has 16 nitrogen and oxygen atoms in total. The van der Waals surface area contributed by atoms with Crippen LogP contribution in [0.5, 0.6) is 0 Å². The van der Waals surface area contributed by atoms with Gasteiger partial charge in [0.25, 0.3) is 0 Å². The van der Waals surface area contributed by atoms with Gasteiger partial charge in [-0.3, -0.25) is 14.1 Å². The predicted octanol–water partition coefficient (Wildman–Crippen LogP) is -0.989. The Morgan fingerprint density at radius 2 is 1.88 bits per heavy atom. The molecule has 1 aliphatic heterocycles. The standard InChI is InChI=1S/C11H14FN2O14P3S/c1-2-11(17)7(15)6(26-9(11)14-3-5(12)8(32)13-10(14)16)4-25-30(21,22)28-31(23,24)27-29(18,19)20/h1,3,6-7,9,15,17H,4H2,(H,21,22)(H,23,24)(H,13,16,32)(H2,18,19,20)/t6-,7?,9-,11-/m1/s1. The zero-order valence-corrected chi connectivity index (χ0v) is 18.6. The van der Waals surface area contributed by atoms with E-state index in [0.717, 1.165) is 0 Å². The lowest BCUT2D eigenvalue weighted by molar-refractivity contribution is -0.0765. The highest BCUT2D eigenvalue weighted by Crippen LogP contribution is 2.66. The van der Waals surface area contributed by atoms with Crippen LogP contribution in [0.1, 0.15) is 6.23 Å². The van der Waals surface area contributed by atoms with Gasteiger partial charge >= 0.3 is 29.2 Å².